The summed E-state index contributed by atoms with van der Waals surface area (Å²) in [5, 5.41) is -0.520. The van der Waals surface area contributed by atoms with Gasteiger partial charge >= 0.3 is 0 Å². The molecule has 0 radical (unpaired) electrons. The first-order chi connectivity index (χ1) is 11.5. The number of likely N-dealkylation sites (tertiary alicyclic amines) is 1. The van der Waals surface area contributed by atoms with Crippen molar-refractivity contribution in [3.05, 3.63) is 64.6 Å². The fraction of sp³-hybridized carbons (Fsp3) is 0.278. The molecule has 1 unspecified atom stereocenters. The Kier molecular flexibility index (Phi) is 5.06. The Morgan fingerprint density at radius 1 is 1.08 bits per heavy atom. The number of sulfone groups is 1. The summed E-state index contributed by atoms with van der Waals surface area (Å²) < 4.78 is 26.3. The summed E-state index contributed by atoms with van der Waals surface area (Å²) in [5.41, 5.74) is 0.928. The number of benzene rings is 2. The van der Waals surface area contributed by atoms with Gasteiger partial charge in [0.2, 0.25) is 5.91 Å². The van der Waals surface area contributed by atoms with Gasteiger partial charge in [0.1, 0.15) is 0 Å². The van der Waals surface area contributed by atoms with Crippen LogP contribution in [0.25, 0.3) is 0 Å². The van der Waals surface area contributed by atoms with Crippen LogP contribution in [0.4, 0.5) is 0 Å². The van der Waals surface area contributed by atoms with E-state index in [4.69, 9.17) is 0 Å². The first kappa shape index (κ1) is 17.2. The molecule has 24 heavy (non-hydrogen) atoms. The van der Waals surface area contributed by atoms with Gasteiger partial charge in [0.25, 0.3) is 0 Å². The number of carbonyl (C=O) groups excluding carboxylic acids is 1. The van der Waals surface area contributed by atoms with Crippen LogP contribution in [0.2, 0.25) is 0 Å². The third-order valence-corrected chi connectivity index (χ3v) is 7.00. The third kappa shape index (κ3) is 3.70. The largest absolute Gasteiger partial charge is 0.341 e. The molecule has 4 nitrogen and oxygen atoms in total. The maximum Gasteiger partial charge on any atom is 0.227 e. The van der Waals surface area contributed by atoms with E-state index in [9.17, 15) is 13.2 Å². The van der Waals surface area contributed by atoms with Gasteiger partial charge in [-0.1, -0.05) is 46.3 Å². The first-order valence-corrected chi connectivity index (χ1v) is 10.1. The highest BCUT2D eigenvalue weighted by atomic mass is 79.9. The molecular weight excluding hydrogens is 390 g/mol. The number of amides is 1. The highest BCUT2D eigenvalue weighted by Crippen LogP contribution is 2.24. The summed E-state index contributed by atoms with van der Waals surface area (Å²) in [5.74, 6) is -0.0249. The number of rotatable bonds is 4. The summed E-state index contributed by atoms with van der Waals surface area (Å²) in [7, 11) is -3.38. The van der Waals surface area contributed by atoms with Crippen molar-refractivity contribution in [3.8, 4) is 0 Å². The second kappa shape index (κ2) is 7.07. The van der Waals surface area contributed by atoms with Crippen molar-refractivity contribution in [2.24, 2.45) is 0 Å². The van der Waals surface area contributed by atoms with Crippen LogP contribution in [-0.4, -0.2) is 37.6 Å². The van der Waals surface area contributed by atoms with E-state index in [0.29, 0.717) is 24.3 Å². The predicted molar refractivity (Wildman–Crippen MR) is 96.5 cm³/mol. The molecule has 1 heterocycles. The molecule has 0 aliphatic carbocycles. The zero-order chi connectivity index (χ0) is 17.2. The molecule has 126 valence electrons. The van der Waals surface area contributed by atoms with Crippen LogP contribution in [0.3, 0.4) is 0 Å². The summed E-state index contributed by atoms with van der Waals surface area (Å²) in [4.78, 5) is 14.4. The molecule has 2 aromatic rings. The first-order valence-electron chi connectivity index (χ1n) is 7.78. The van der Waals surface area contributed by atoms with E-state index in [2.05, 4.69) is 15.9 Å². The topological polar surface area (TPSA) is 54.5 Å². The van der Waals surface area contributed by atoms with Crippen LogP contribution in [0.1, 0.15) is 12.0 Å². The molecule has 1 aliphatic heterocycles. The van der Waals surface area contributed by atoms with Gasteiger partial charge in [0, 0.05) is 17.6 Å². The van der Waals surface area contributed by atoms with Crippen molar-refractivity contribution < 1.29 is 13.2 Å². The van der Waals surface area contributed by atoms with Gasteiger partial charge in [-0.3, -0.25) is 4.79 Å². The van der Waals surface area contributed by atoms with Gasteiger partial charge in [-0.25, -0.2) is 8.42 Å². The standard InChI is InChI=1S/C18H18BrNO3S/c19-15-8-6-14(7-9-15)12-18(21)20-11-10-17(13-20)24(22,23)16-4-2-1-3-5-16/h1-9,17H,10-13H2. The number of nitrogens with zero attached hydrogens (tertiary/aromatic N) is 1. The summed E-state index contributed by atoms with van der Waals surface area (Å²) in [6.45, 7) is 0.763. The Morgan fingerprint density at radius 3 is 2.42 bits per heavy atom. The van der Waals surface area contributed by atoms with Crippen molar-refractivity contribution >= 4 is 31.7 Å². The lowest BCUT2D eigenvalue weighted by atomic mass is 10.1. The quantitative estimate of drug-likeness (QED) is 0.782. The lowest BCUT2D eigenvalue weighted by Crippen LogP contribution is -2.32. The summed E-state index contributed by atoms with van der Waals surface area (Å²) in [6.07, 6.45) is 0.786. The highest BCUT2D eigenvalue weighted by Gasteiger charge is 2.35. The van der Waals surface area contributed by atoms with Crippen molar-refractivity contribution in [3.63, 3.8) is 0 Å². The van der Waals surface area contributed by atoms with Gasteiger partial charge < -0.3 is 4.90 Å². The molecule has 0 spiro atoms. The molecular formula is C18H18BrNO3S. The number of hydrogen-bond donors (Lipinski definition) is 0. The molecule has 2 aromatic carbocycles. The molecule has 0 aromatic heterocycles. The molecule has 1 fully saturated rings. The molecule has 1 saturated heterocycles. The number of hydrogen-bond acceptors (Lipinski definition) is 3. The Balaban J connectivity index is 1.66. The molecule has 1 amide bonds. The maximum atomic E-state index is 12.7. The Labute approximate surface area is 150 Å². The Bertz CT molecular complexity index is 819. The van der Waals surface area contributed by atoms with E-state index < -0.39 is 15.1 Å². The molecule has 0 N–H and O–H groups in total. The van der Waals surface area contributed by atoms with Crippen molar-refractivity contribution in [2.45, 2.75) is 23.0 Å². The average Bonchev–Trinajstić information content (AvgIpc) is 3.09. The minimum atomic E-state index is -3.38. The van der Waals surface area contributed by atoms with Crippen molar-refractivity contribution in [1.82, 2.24) is 4.90 Å². The van der Waals surface area contributed by atoms with E-state index in [1.54, 1.807) is 35.2 Å². The smallest absolute Gasteiger partial charge is 0.227 e. The van der Waals surface area contributed by atoms with Gasteiger partial charge in [-0.15, -0.1) is 0 Å². The fourth-order valence-electron chi connectivity index (χ4n) is 2.90. The molecule has 1 atom stereocenters. The molecule has 0 bridgehead atoms. The second-order valence-electron chi connectivity index (χ2n) is 5.91. The van der Waals surface area contributed by atoms with Crippen LogP contribution >= 0.6 is 15.9 Å². The van der Waals surface area contributed by atoms with Crippen LogP contribution in [-0.2, 0) is 21.1 Å². The van der Waals surface area contributed by atoms with E-state index in [-0.39, 0.29) is 12.5 Å². The minimum Gasteiger partial charge on any atom is -0.341 e. The summed E-state index contributed by atoms with van der Waals surface area (Å²) >= 11 is 3.37. The molecule has 1 aliphatic rings. The molecule has 3 rings (SSSR count). The minimum absolute atomic E-state index is 0.0249. The monoisotopic (exact) mass is 407 g/mol. The van der Waals surface area contributed by atoms with Gasteiger partial charge in [-0.05, 0) is 36.2 Å². The summed E-state index contributed by atoms with van der Waals surface area (Å²) in [6, 6.07) is 16.1. The second-order valence-corrected chi connectivity index (χ2v) is 9.06. The van der Waals surface area contributed by atoms with Gasteiger partial charge in [0.05, 0.1) is 16.6 Å². The fourth-order valence-corrected chi connectivity index (χ4v) is 4.88. The highest BCUT2D eigenvalue weighted by molar-refractivity contribution is 9.10. The molecule has 6 heteroatoms. The SMILES string of the molecule is O=C(Cc1ccc(Br)cc1)N1CCC(S(=O)(=O)c2ccccc2)C1. The number of halogens is 1. The van der Waals surface area contributed by atoms with Gasteiger partial charge in [0.15, 0.2) is 9.84 Å². The predicted octanol–water partition coefficient (Wildman–Crippen LogP) is 3.07. The Morgan fingerprint density at radius 2 is 1.75 bits per heavy atom. The van der Waals surface area contributed by atoms with E-state index in [1.807, 2.05) is 24.3 Å². The lowest BCUT2D eigenvalue weighted by molar-refractivity contribution is -0.129. The maximum absolute atomic E-state index is 12.7. The Hall–Kier alpha value is -1.66. The van der Waals surface area contributed by atoms with Crippen molar-refractivity contribution in [1.29, 1.82) is 0 Å². The van der Waals surface area contributed by atoms with Crippen LogP contribution in [0.15, 0.2) is 64.0 Å². The van der Waals surface area contributed by atoms with Crippen LogP contribution in [0.5, 0.6) is 0 Å². The van der Waals surface area contributed by atoms with E-state index >= 15 is 0 Å². The van der Waals surface area contributed by atoms with Gasteiger partial charge in [-0.2, -0.15) is 0 Å². The zero-order valence-corrected chi connectivity index (χ0v) is 15.5. The average molecular weight is 408 g/mol. The van der Waals surface area contributed by atoms with Crippen LogP contribution < -0.4 is 0 Å². The van der Waals surface area contributed by atoms with E-state index in [1.165, 1.54) is 0 Å². The lowest BCUT2D eigenvalue weighted by Gasteiger charge is -2.17. The number of carbonyl (C=O) groups is 1. The van der Waals surface area contributed by atoms with Crippen molar-refractivity contribution in [2.75, 3.05) is 13.1 Å². The van der Waals surface area contributed by atoms with Crippen LogP contribution in [0, 0.1) is 0 Å². The zero-order valence-electron chi connectivity index (χ0n) is 13.1. The molecule has 0 saturated carbocycles. The van der Waals surface area contributed by atoms with E-state index in [0.717, 1.165) is 10.0 Å². The normalized spacial score (nSPS) is 17.9. The third-order valence-electron chi connectivity index (χ3n) is 4.28.